The third-order valence-corrected chi connectivity index (χ3v) is 8.99. The van der Waals surface area contributed by atoms with Gasteiger partial charge in [-0.25, -0.2) is 0 Å². The number of hydrogen-bond acceptors (Lipinski definition) is 8. The molecule has 2 rings (SSSR count). The summed E-state index contributed by atoms with van der Waals surface area (Å²) in [5.74, 6) is 1.34. The van der Waals surface area contributed by atoms with E-state index in [0.717, 1.165) is 82.9 Å². The van der Waals surface area contributed by atoms with E-state index in [-0.39, 0.29) is 28.9 Å². The van der Waals surface area contributed by atoms with Crippen LogP contribution in [-0.2, 0) is 23.4 Å². The first-order valence-corrected chi connectivity index (χ1v) is 15.7. The van der Waals surface area contributed by atoms with Crippen molar-refractivity contribution < 1.29 is 28.3 Å². The Kier molecular flexibility index (Phi) is 16.1. The summed E-state index contributed by atoms with van der Waals surface area (Å²) in [6.45, 7) is 2.69. The lowest BCUT2D eigenvalue weighted by Gasteiger charge is -2.30. The van der Waals surface area contributed by atoms with Gasteiger partial charge in [-0.3, -0.25) is 19.3 Å². The van der Waals surface area contributed by atoms with Gasteiger partial charge in [-0.2, -0.15) is 0 Å². The lowest BCUT2D eigenvalue weighted by Crippen LogP contribution is -2.39. The van der Waals surface area contributed by atoms with Crippen molar-refractivity contribution in [1.29, 1.82) is 0 Å². The second kappa shape index (κ2) is 18.5. The maximum Gasteiger partial charge on any atom is 0.329 e. The van der Waals surface area contributed by atoms with Gasteiger partial charge in [0, 0.05) is 32.5 Å². The molecule has 2 unspecified atom stereocenters. The number of thioether (sulfide) groups is 1. The average molecular weight is 548 g/mol. The fraction of sp³-hybridized carbons (Fsp3) is 0.880. The largest absolute Gasteiger partial charge is 0.356 e. The van der Waals surface area contributed by atoms with Crippen molar-refractivity contribution in [1.82, 2.24) is 15.5 Å². The van der Waals surface area contributed by atoms with E-state index in [1.807, 2.05) is 7.05 Å². The van der Waals surface area contributed by atoms with E-state index in [9.17, 15) is 19.3 Å². The molecule has 0 spiro atoms. The van der Waals surface area contributed by atoms with Crippen LogP contribution in [0.5, 0.6) is 0 Å². The zero-order valence-electron chi connectivity index (χ0n) is 22.0. The first kappa shape index (κ1) is 31.4. The Morgan fingerprint density at radius 2 is 1.75 bits per heavy atom. The monoisotopic (exact) mass is 547 g/mol. The fourth-order valence-electron chi connectivity index (χ4n) is 4.78. The van der Waals surface area contributed by atoms with Gasteiger partial charge in [0.2, 0.25) is 17.7 Å². The summed E-state index contributed by atoms with van der Waals surface area (Å²) in [5, 5.41) is 5.99. The summed E-state index contributed by atoms with van der Waals surface area (Å²) in [5.41, 5.74) is 0. The van der Waals surface area contributed by atoms with E-state index < -0.39 is 8.60 Å². The van der Waals surface area contributed by atoms with Crippen LogP contribution in [0.1, 0.15) is 77.0 Å². The molecule has 0 bridgehead atoms. The Morgan fingerprint density at radius 1 is 1.06 bits per heavy atom. The summed E-state index contributed by atoms with van der Waals surface area (Å²) in [4.78, 5) is 48.5. The number of hydrogen-bond donors (Lipinski definition) is 3. The highest BCUT2D eigenvalue weighted by Crippen LogP contribution is 2.33. The topological polar surface area (TPSA) is 117 Å². The fourth-order valence-corrected chi connectivity index (χ4v) is 6.35. The maximum atomic E-state index is 12.8. The molecule has 2 aliphatic rings. The van der Waals surface area contributed by atoms with Gasteiger partial charge in [-0.05, 0) is 76.6 Å². The van der Waals surface area contributed by atoms with E-state index in [0.29, 0.717) is 32.0 Å². The second-order valence-electron chi connectivity index (χ2n) is 9.75. The lowest BCUT2D eigenvalue weighted by atomic mass is 9.81. The van der Waals surface area contributed by atoms with Crippen LogP contribution in [0.15, 0.2) is 0 Å². The molecule has 1 heterocycles. The predicted molar refractivity (Wildman–Crippen MR) is 144 cm³/mol. The van der Waals surface area contributed by atoms with Crippen LogP contribution in [0.4, 0.5) is 0 Å². The van der Waals surface area contributed by atoms with Crippen LogP contribution >= 0.6 is 20.4 Å². The Morgan fingerprint density at radius 3 is 2.47 bits per heavy atom. The summed E-state index contributed by atoms with van der Waals surface area (Å²) in [7, 11) is 1.63. The van der Waals surface area contributed by atoms with E-state index in [1.54, 1.807) is 11.8 Å². The second-order valence-corrected chi connectivity index (χ2v) is 12.2. The summed E-state index contributed by atoms with van der Waals surface area (Å²) in [6.07, 6.45) is 10.9. The van der Waals surface area contributed by atoms with Gasteiger partial charge < -0.3 is 24.6 Å². The molecule has 3 N–H and O–H groups in total. The Balaban J connectivity index is 1.55. The number of amides is 3. The van der Waals surface area contributed by atoms with Gasteiger partial charge in [0.05, 0.1) is 11.9 Å². The quantitative estimate of drug-likeness (QED) is 0.128. The molecule has 208 valence electrons. The molecule has 1 saturated carbocycles. The average Bonchev–Trinajstić information content (AvgIpc) is 3.15. The van der Waals surface area contributed by atoms with E-state index >= 15 is 0 Å². The highest BCUT2D eigenvalue weighted by atomic mass is 32.2. The van der Waals surface area contributed by atoms with Crippen LogP contribution in [0.2, 0.25) is 0 Å². The molecule has 0 aromatic heterocycles. The molecule has 1 saturated heterocycles. The minimum absolute atomic E-state index is 0.0116. The van der Waals surface area contributed by atoms with E-state index in [2.05, 4.69) is 15.2 Å². The zero-order chi connectivity index (χ0) is 26.2. The number of carbonyl (C=O) groups excluding carboxylic acids is 3. The number of likely N-dealkylation sites (tertiary alicyclic amines) is 1. The number of nitrogens with zero attached hydrogens (tertiary/aromatic N) is 1. The molecule has 1 aliphatic carbocycles. The Labute approximate surface area is 222 Å². The summed E-state index contributed by atoms with van der Waals surface area (Å²) in [6, 6.07) is 0. The van der Waals surface area contributed by atoms with Crippen LogP contribution in [-0.4, -0.2) is 78.9 Å². The number of unbranched alkanes of at least 4 members (excludes halogenated alkanes) is 5. The predicted octanol–water partition coefficient (Wildman–Crippen LogP) is 3.60. The summed E-state index contributed by atoms with van der Waals surface area (Å²) >= 11 is 1.63. The number of nitrogens with one attached hydrogen (secondary N) is 2. The molecule has 36 heavy (non-hydrogen) atoms. The molecular formula is C25H46N3O6PS. The third-order valence-electron chi connectivity index (χ3n) is 6.98. The van der Waals surface area contributed by atoms with E-state index in [1.165, 1.54) is 12.0 Å². The highest BCUT2D eigenvalue weighted by molar-refractivity contribution is 8.00. The molecule has 2 fully saturated rings. The van der Waals surface area contributed by atoms with Gasteiger partial charge >= 0.3 is 8.60 Å². The minimum Gasteiger partial charge on any atom is -0.356 e. The SMILES string of the molecule is CNCCCCCSC1CC(=O)N(CC2CCC(C(=O)NCCCCCCOP(O)OC)CC2)C1=O. The molecule has 0 aromatic carbocycles. The van der Waals surface area contributed by atoms with Gasteiger partial charge in [0.25, 0.3) is 0 Å². The summed E-state index contributed by atoms with van der Waals surface area (Å²) < 4.78 is 9.77. The van der Waals surface area contributed by atoms with Crippen molar-refractivity contribution in [2.45, 2.75) is 82.3 Å². The zero-order valence-corrected chi connectivity index (χ0v) is 23.8. The van der Waals surface area contributed by atoms with Crippen molar-refractivity contribution >= 4 is 38.1 Å². The van der Waals surface area contributed by atoms with Gasteiger partial charge in [-0.1, -0.05) is 19.3 Å². The van der Waals surface area contributed by atoms with Gasteiger partial charge in [-0.15, -0.1) is 11.8 Å². The maximum absolute atomic E-state index is 12.8. The van der Waals surface area contributed by atoms with Crippen LogP contribution in [0.25, 0.3) is 0 Å². The molecular weight excluding hydrogens is 501 g/mol. The molecule has 1 aliphatic heterocycles. The molecule has 2 atom stereocenters. The molecule has 9 nitrogen and oxygen atoms in total. The van der Waals surface area contributed by atoms with Crippen molar-refractivity contribution in [2.24, 2.45) is 11.8 Å². The standard InChI is InChI=1S/C25H46N3O6PS/c1-26-14-6-5-9-17-36-22-18-23(29)28(25(22)31)19-20-10-12-21(13-11-20)24(30)27-15-7-3-4-8-16-34-35(32)33-2/h20-22,26,32H,3-19H2,1-2H3,(H,27,30). The first-order valence-electron chi connectivity index (χ1n) is 13.5. The normalized spacial score (nSPS) is 23.3. The Hall–Kier alpha value is -0.770. The minimum atomic E-state index is -1.74. The van der Waals surface area contributed by atoms with Crippen LogP contribution < -0.4 is 10.6 Å². The molecule has 11 heteroatoms. The van der Waals surface area contributed by atoms with Crippen molar-refractivity contribution in [2.75, 3.05) is 46.2 Å². The number of carbonyl (C=O) groups is 3. The molecule has 0 aromatic rings. The molecule has 0 radical (unpaired) electrons. The first-order chi connectivity index (χ1) is 17.5. The molecule has 3 amide bonds. The highest BCUT2D eigenvalue weighted by Gasteiger charge is 2.40. The van der Waals surface area contributed by atoms with Crippen LogP contribution in [0.3, 0.4) is 0 Å². The number of imide groups is 1. The lowest BCUT2D eigenvalue weighted by molar-refractivity contribution is -0.139. The van der Waals surface area contributed by atoms with E-state index in [4.69, 9.17) is 4.52 Å². The van der Waals surface area contributed by atoms with Gasteiger partial charge in [0.15, 0.2) is 0 Å². The Bertz CT molecular complexity index is 666. The van der Waals surface area contributed by atoms with Gasteiger partial charge in [0.1, 0.15) is 0 Å². The number of rotatable bonds is 19. The van der Waals surface area contributed by atoms with Crippen molar-refractivity contribution in [3.63, 3.8) is 0 Å². The smallest absolute Gasteiger partial charge is 0.329 e. The van der Waals surface area contributed by atoms with Crippen molar-refractivity contribution in [3.05, 3.63) is 0 Å². The van der Waals surface area contributed by atoms with Crippen molar-refractivity contribution in [3.8, 4) is 0 Å². The van der Waals surface area contributed by atoms with Crippen LogP contribution in [0, 0.1) is 11.8 Å². The third kappa shape index (κ3) is 11.7.